The van der Waals surface area contributed by atoms with Crippen LogP contribution in [0.2, 0.25) is 0 Å². The third-order valence-electron chi connectivity index (χ3n) is 3.93. The Morgan fingerprint density at radius 2 is 1.61 bits per heavy atom. The minimum Gasteiger partial charge on any atom is -0.479 e. The normalized spacial score (nSPS) is 13.8. The number of carbonyl (C=O) groups is 3. The summed E-state index contributed by atoms with van der Waals surface area (Å²) in [7, 11) is 0. The fraction of sp³-hybridized carbons (Fsp3) is 0.300. The van der Waals surface area contributed by atoms with Gasteiger partial charge in [0.05, 0.1) is 10.8 Å². The lowest BCUT2D eigenvalue weighted by molar-refractivity contribution is -0.148. The maximum atomic E-state index is 12.5. The van der Waals surface area contributed by atoms with E-state index in [-0.39, 0.29) is 10.8 Å². The Morgan fingerprint density at radius 1 is 0.964 bits per heavy atom. The molecule has 6 nitrogen and oxygen atoms in total. The number of carboxylic acid groups (broad SMARTS) is 1. The number of rotatable bonds is 8. The second-order valence-electron chi connectivity index (χ2n) is 6.12. The Kier molecular flexibility index (Phi) is 7.42. The average Bonchev–Trinajstić information content (AvgIpc) is 3.17. The van der Waals surface area contributed by atoms with Crippen molar-refractivity contribution in [3.05, 3.63) is 57.8 Å². The van der Waals surface area contributed by atoms with Crippen molar-refractivity contribution in [2.45, 2.75) is 38.9 Å². The van der Waals surface area contributed by atoms with Crippen molar-refractivity contribution in [1.82, 2.24) is 0 Å². The zero-order valence-corrected chi connectivity index (χ0v) is 17.2. The molecular weight excluding hydrogens is 400 g/mol. The van der Waals surface area contributed by atoms with Gasteiger partial charge < -0.3 is 14.6 Å². The number of aliphatic carboxylic acids is 1. The lowest BCUT2D eigenvalue weighted by Gasteiger charge is -2.19. The lowest BCUT2D eigenvalue weighted by Crippen LogP contribution is -2.31. The summed E-state index contributed by atoms with van der Waals surface area (Å²) in [4.78, 5) is 36.9. The second-order valence-corrected chi connectivity index (χ2v) is 7.63. The van der Waals surface area contributed by atoms with Gasteiger partial charge in [0.1, 0.15) is 0 Å². The molecule has 0 aliphatic carbocycles. The number of carboxylic acids is 1. The highest BCUT2D eigenvalue weighted by Crippen LogP contribution is 2.28. The SMILES string of the molecule is C[C@H](OC(=S)[C@H](C)OC(=O)[C@H](C)c1ccc(C(=O)c2ccccc2)s1)C(=O)O. The molecule has 2 rings (SSSR count). The predicted octanol–water partition coefficient (Wildman–Crippen LogP) is 3.83. The highest BCUT2D eigenvalue weighted by molar-refractivity contribution is 7.80. The molecule has 1 N–H and O–H groups in total. The highest BCUT2D eigenvalue weighted by Gasteiger charge is 2.26. The van der Waals surface area contributed by atoms with E-state index < -0.39 is 30.1 Å². The summed E-state index contributed by atoms with van der Waals surface area (Å²) in [5.74, 6) is -2.42. The van der Waals surface area contributed by atoms with Crippen LogP contribution in [0.15, 0.2) is 42.5 Å². The van der Waals surface area contributed by atoms with E-state index in [9.17, 15) is 14.4 Å². The topological polar surface area (TPSA) is 89.9 Å². The minimum atomic E-state index is -1.16. The van der Waals surface area contributed by atoms with Gasteiger partial charge in [-0.05, 0) is 45.1 Å². The van der Waals surface area contributed by atoms with Gasteiger partial charge in [0.25, 0.3) is 0 Å². The third-order valence-corrected chi connectivity index (χ3v) is 5.63. The van der Waals surface area contributed by atoms with E-state index in [1.54, 1.807) is 43.3 Å². The standard InChI is InChI=1S/C20H20O6S2/c1-11(19(24)25-13(3)20(27)26-12(2)18(22)23)15-9-10-16(28-15)17(21)14-7-5-4-6-8-14/h4-13H,1-3H3,(H,22,23)/t11-,12+,13+/m1/s1. The predicted molar refractivity (Wildman–Crippen MR) is 109 cm³/mol. The largest absolute Gasteiger partial charge is 0.479 e. The molecule has 0 bridgehead atoms. The van der Waals surface area contributed by atoms with E-state index in [4.69, 9.17) is 26.8 Å². The molecule has 0 saturated carbocycles. The van der Waals surface area contributed by atoms with Crippen LogP contribution in [0.1, 0.15) is 46.8 Å². The molecule has 1 aromatic heterocycles. The van der Waals surface area contributed by atoms with Gasteiger partial charge in [-0.15, -0.1) is 11.3 Å². The number of esters is 1. The first-order chi connectivity index (χ1) is 13.2. The summed E-state index contributed by atoms with van der Waals surface area (Å²) in [6, 6.07) is 12.3. The number of ether oxygens (including phenoxy) is 2. The van der Waals surface area contributed by atoms with Gasteiger partial charge in [0.2, 0.25) is 10.8 Å². The van der Waals surface area contributed by atoms with Crippen LogP contribution in [0.3, 0.4) is 0 Å². The molecule has 28 heavy (non-hydrogen) atoms. The molecule has 148 valence electrons. The van der Waals surface area contributed by atoms with Crippen LogP contribution in [-0.2, 0) is 19.1 Å². The van der Waals surface area contributed by atoms with Crippen molar-refractivity contribution in [1.29, 1.82) is 0 Å². The van der Waals surface area contributed by atoms with Gasteiger partial charge in [-0.1, -0.05) is 30.3 Å². The van der Waals surface area contributed by atoms with Crippen LogP contribution >= 0.6 is 23.6 Å². The molecule has 0 saturated heterocycles. The first-order valence-corrected chi connectivity index (χ1v) is 9.76. The Hall–Kier alpha value is -2.58. The number of thiocarbonyl (C=S) groups is 1. The molecule has 0 aliphatic rings. The molecular formula is C20H20O6S2. The van der Waals surface area contributed by atoms with E-state index >= 15 is 0 Å². The summed E-state index contributed by atoms with van der Waals surface area (Å²) in [5, 5.41) is 8.73. The quantitative estimate of drug-likeness (QED) is 0.394. The highest BCUT2D eigenvalue weighted by atomic mass is 32.1. The number of thiophene rings is 1. The molecule has 3 atom stereocenters. The number of benzene rings is 1. The Bertz CT molecular complexity index is 874. The maximum Gasteiger partial charge on any atom is 0.344 e. The summed E-state index contributed by atoms with van der Waals surface area (Å²) < 4.78 is 10.3. The summed E-state index contributed by atoms with van der Waals surface area (Å²) >= 11 is 6.21. The molecule has 0 radical (unpaired) electrons. The first-order valence-electron chi connectivity index (χ1n) is 8.54. The van der Waals surface area contributed by atoms with E-state index in [1.165, 1.54) is 25.2 Å². The van der Waals surface area contributed by atoms with Crippen LogP contribution in [0, 0.1) is 0 Å². The Labute approximate surface area is 172 Å². The van der Waals surface area contributed by atoms with E-state index in [0.29, 0.717) is 15.3 Å². The molecule has 2 aromatic rings. The monoisotopic (exact) mass is 420 g/mol. The van der Waals surface area contributed by atoms with Crippen molar-refractivity contribution in [3.8, 4) is 0 Å². The van der Waals surface area contributed by atoms with Crippen molar-refractivity contribution >= 4 is 46.3 Å². The lowest BCUT2D eigenvalue weighted by atomic mass is 10.1. The van der Waals surface area contributed by atoms with Gasteiger partial charge in [0, 0.05) is 10.4 Å². The number of hydrogen-bond acceptors (Lipinski definition) is 7. The second kappa shape index (κ2) is 9.57. The smallest absolute Gasteiger partial charge is 0.344 e. The van der Waals surface area contributed by atoms with Crippen molar-refractivity contribution in [3.63, 3.8) is 0 Å². The van der Waals surface area contributed by atoms with E-state index in [2.05, 4.69) is 0 Å². The van der Waals surface area contributed by atoms with Crippen molar-refractivity contribution in [2.24, 2.45) is 0 Å². The Balaban J connectivity index is 2.00. The fourth-order valence-electron chi connectivity index (χ4n) is 2.20. The van der Waals surface area contributed by atoms with Gasteiger partial charge in [-0.3, -0.25) is 9.59 Å². The van der Waals surface area contributed by atoms with E-state index in [1.807, 2.05) is 6.07 Å². The van der Waals surface area contributed by atoms with Crippen LogP contribution in [0.5, 0.6) is 0 Å². The zero-order valence-electron chi connectivity index (χ0n) is 15.6. The van der Waals surface area contributed by atoms with Gasteiger partial charge in [0.15, 0.2) is 12.2 Å². The molecule has 0 amide bonds. The van der Waals surface area contributed by atoms with Crippen LogP contribution < -0.4 is 0 Å². The van der Waals surface area contributed by atoms with Crippen LogP contribution in [0.4, 0.5) is 0 Å². The van der Waals surface area contributed by atoms with Crippen molar-refractivity contribution in [2.75, 3.05) is 0 Å². The molecule has 0 unspecified atom stereocenters. The maximum absolute atomic E-state index is 12.5. The van der Waals surface area contributed by atoms with Crippen LogP contribution in [0.25, 0.3) is 0 Å². The number of carbonyl (C=O) groups excluding carboxylic acids is 2. The number of ketones is 1. The molecule has 1 aromatic carbocycles. The van der Waals surface area contributed by atoms with Gasteiger partial charge >= 0.3 is 11.9 Å². The summed E-state index contributed by atoms with van der Waals surface area (Å²) in [6.07, 6.45) is -2.01. The molecule has 0 aliphatic heterocycles. The zero-order chi connectivity index (χ0) is 20.8. The van der Waals surface area contributed by atoms with Crippen LogP contribution in [-0.4, -0.2) is 40.1 Å². The fourth-order valence-corrected chi connectivity index (χ4v) is 3.40. The van der Waals surface area contributed by atoms with E-state index in [0.717, 1.165) is 0 Å². The number of hydrogen-bond donors (Lipinski definition) is 1. The summed E-state index contributed by atoms with van der Waals surface area (Å²) in [6.45, 7) is 4.52. The molecule has 1 heterocycles. The van der Waals surface area contributed by atoms with Gasteiger partial charge in [-0.25, -0.2) is 4.79 Å². The molecule has 0 spiro atoms. The average molecular weight is 421 g/mol. The summed E-state index contributed by atoms with van der Waals surface area (Å²) in [5.41, 5.74) is 0.579. The van der Waals surface area contributed by atoms with Gasteiger partial charge in [-0.2, -0.15) is 0 Å². The first kappa shape index (κ1) is 21.7. The molecule has 8 heteroatoms. The molecule has 0 fully saturated rings. The van der Waals surface area contributed by atoms with Crippen molar-refractivity contribution < 1.29 is 29.0 Å². The third kappa shape index (κ3) is 5.46. The Morgan fingerprint density at radius 3 is 2.21 bits per heavy atom. The minimum absolute atomic E-state index is 0.108.